The van der Waals surface area contributed by atoms with Gasteiger partial charge in [0, 0.05) is 11.3 Å². The SMILES string of the molecule is CC(C)[C@H](C)c1cc2ccccc2o1. The molecule has 0 aliphatic carbocycles. The van der Waals surface area contributed by atoms with E-state index < -0.39 is 0 Å². The first-order valence-electron chi connectivity index (χ1n) is 5.17. The van der Waals surface area contributed by atoms with Gasteiger partial charge in [0.15, 0.2) is 0 Å². The minimum atomic E-state index is 0.488. The summed E-state index contributed by atoms with van der Waals surface area (Å²) in [5.41, 5.74) is 0.995. The van der Waals surface area contributed by atoms with Crippen LogP contribution < -0.4 is 0 Å². The molecule has 1 aromatic heterocycles. The maximum atomic E-state index is 5.79. The van der Waals surface area contributed by atoms with E-state index in [1.165, 1.54) is 5.39 Å². The molecule has 74 valence electrons. The normalized spacial score (nSPS) is 13.7. The largest absolute Gasteiger partial charge is 0.461 e. The fourth-order valence-corrected chi connectivity index (χ4v) is 1.56. The molecule has 1 heteroatoms. The lowest BCUT2D eigenvalue weighted by Gasteiger charge is -2.11. The summed E-state index contributed by atoms with van der Waals surface area (Å²) < 4.78 is 5.79. The van der Waals surface area contributed by atoms with Crippen molar-refractivity contribution in [3.05, 3.63) is 36.1 Å². The summed E-state index contributed by atoms with van der Waals surface area (Å²) in [6.45, 7) is 6.65. The van der Waals surface area contributed by atoms with Gasteiger partial charge in [-0.25, -0.2) is 0 Å². The van der Waals surface area contributed by atoms with Gasteiger partial charge >= 0.3 is 0 Å². The molecule has 1 heterocycles. The Hall–Kier alpha value is -1.24. The van der Waals surface area contributed by atoms with Crippen LogP contribution >= 0.6 is 0 Å². The van der Waals surface area contributed by atoms with Gasteiger partial charge in [-0.1, -0.05) is 39.0 Å². The van der Waals surface area contributed by atoms with E-state index in [-0.39, 0.29) is 0 Å². The number of rotatable bonds is 2. The molecule has 0 aliphatic rings. The molecule has 0 amide bonds. The van der Waals surface area contributed by atoms with Crippen LogP contribution in [-0.2, 0) is 0 Å². The van der Waals surface area contributed by atoms with E-state index in [0.717, 1.165) is 11.3 Å². The highest BCUT2D eigenvalue weighted by Gasteiger charge is 2.14. The van der Waals surface area contributed by atoms with Gasteiger partial charge in [-0.3, -0.25) is 0 Å². The minimum Gasteiger partial charge on any atom is -0.461 e. The summed E-state index contributed by atoms with van der Waals surface area (Å²) in [6.07, 6.45) is 0. The molecular weight excluding hydrogens is 172 g/mol. The Bertz CT molecular complexity index is 392. The molecule has 0 unspecified atom stereocenters. The second kappa shape index (κ2) is 3.49. The van der Waals surface area contributed by atoms with Crippen LogP contribution in [-0.4, -0.2) is 0 Å². The molecule has 0 spiro atoms. The van der Waals surface area contributed by atoms with Crippen molar-refractivity contribution in [3.8, 4) is 0 Å². The first-order valence-corrected chi connectivity index (χ1v) is 5.17. The van der Waals surface area contributed by atoms with Crippen LogP contribution in [0.15, 0.2) is 34.7 Å². The molecule has 1 atom stereocenters. The van der Waals surface area contributed by atoms with Gasteiger partial charge in [0.25, 0.3) is 0 Å². The highest BCUT2D eigenvalue weighted by molar-refractivity contribution is 5.77. The van der Waals surface area contributed by atoms with E-state index in [4.69, 9.17) is 4.42 Å². The smallest absolute Gasteiger partial charge is 0.134 e. The number of hydrogen-bond donors (Lipinski definition) is 0. The van der Waals surface area contributed by atoms with Gasteiger partial charge in [-0.2, -0.15) is 0 Å². The Kier molecular flexibility index (Phi) is 2.32. The Morgan fingerprint density at radius 3 is 2.43 bits per heavy atom. The Morgan fingerprint density at radius 1 is 1.07 bits per heavy atom. The van der Waals surface area contributed by atoms with Gasteiger partial charge in [0.2, 0.25) is 0 Å². The quantitative estimate of drug-likeness (QED) is 0.688. The molecular formula is C13H16O. The predicted molar refractivity (Wildman–Crippen MR) is 59.5 cm³/mol. The Morgan fingerprint density at radius 2 is 1.79 bits per heavy atom. The van der Waals surface area contributed by atoms with Crippen molar-refractivity contribution >= 4 is 11.0 Å². The molecule has 1 nitrogen and oxygen atoms in total. The fourth-order valence-electron chi connectivity index (χ4n) is 1.56. The molecule has 0 radical (unpaired) electrons. The second-order valence-electron chi connectivity index (χ2n) is 4.22. The maximum absolute atomic E-state index is 5.79. The average Bonchev–Trinajstić information content (AvgIpc) is 2.59. The van der Waals surface area contributed by atoms with E-state index in [1.54, 1.807) is 0 Å². The first-order chi connectivity index (χ1) is 6.68. The maximum Gasteiger partial charge on any atom is 0.134 e. The molecule has 0 saturated heterocycles. The number of benzene rings is 1. The molecule has 0 N–H and O–H groups in total. The van der Waals surface area contributed by atoms with Gasteiger partial charge in [-0.15, -0.1) is 0 Å². The molecule has 0 fully saturated rings. The third kappa shape index (κ3) is 1.54. The zero-order valence-corrected chi connectivity index (χ0v) is 8.95. The van der Waals surface area contributed by atoms with E-state index >= 15 is 0 Å². The van der Waals surface area contributed by atoms with Crippen molar-refractivity contribution in [1.82, 2.24) is 0 Å². The molecule has 2 aromatic rings. The summed E-state index contributed by atoms with van der Waals surface area (Å²) in [7, 11) is 0. The highest BCUT2D eigenvalue weighted by atomic mass is 16.3. The zero-order valence-electron chi connectivity index (χ0n) is 8.95. The van der Waals surface area contributed by atoms with Gasteiger partial charge in [0.05, 0.1) is 0 Å². The zero-order chi connectivity index (χ0) is 10.1. The molecule has 0 bridgehead atoms. The Labute approximate surface area is 84.7 Å². The van der Waals surface area contributed by atoms with Gasteiger partial charge in [0.1, 0.15) is 11.3 Å². The number of fused-ring (bicyclic) bond motifs is 1. The van der Waals surface area contributed by atoms with E-state index in [0.29, 0.717) is 11.8 Å². The van der Waals surface area contributed by atoms with Crippen LogP contribution in [0.2, 0.25) is 0 Å². The fraction of sp³-hybridized carbons (Fsp3) is 0.385. The van der Waals surface area contributed by atoms with Crippen molar-refractivity contribution < 1.29 is 4.42 Å². The summed E-state index contributed by atoms with van der Waals surface area (Å²) in [5, 5.41) is 1.20. The summed E-state index contributed by atoms with van der Waals surface area (Å²) in [4.78, 5) is 0. The topological polar surface area (TPSA) is 13.1 Å². The molecule has 2 rings (SSSR count). The Balaban J connectivity index is 2.45. The van der Waals surface area contributed by atoms with E-state index in [2.05, 4.69) is 32.9 Å². The third-order valence-electron chi connectivity index (χ3n) is 2.89. The van der Waals surface area contributed by atoms with Crippen LogP contribution in [0, 0.1) is 5.92 Å². The number of para-hydroxylation sites is 1. The van der Waals surface area contributed by atoms with Crippen LogP contribution in [0.25, 0.3) is 11.0 Å². The van der Waals surface area contributed by atoms with Crippen molar-refractivity contribution in [2.75, 3.05) is 0 Å². The first kappa shape index (κ1) is 9.32. The van der Waals surface area contributed by atoms with Crippen molar-refractivity contribution in [3.63, 3.8) is 0 Å². The number of hydrogen-bond acceptors (Lipinski definition) is 1. The average molecular weight is 188 g/mol. The standard InChI is InChI=1S/C13H16O/c1-9(2)10(3)13-8-11-6-4-5-7-12(11)14-13/h4-10H,1-3H3/t10-/m0/s1. The van der Waals surface area contributed by atoms with E-state index in [1.807, 2.05) is 18.2 Å². The lowest BCUT2D eigenvalue weighted by molar-refractivity contribution is 0.432. The molecule has 1 aromatic carbocycles. The molecule has 0 saturated carbocycles. The van der Waals surface area contributed by atoms with Crippen molar-refractivity contribution in [1.29, 1.82) is 0 Å². The van der Waals surface area contributed by atoms with Crippen molar-refractivity contribution in [2.45, 2.75) is 26.7 Å². The summed E-state index contributed by atoms with van der Waals surface area (Å²) in [5.74, 6) is 2.21. The second-order valence-corrected chi connectivity index (χ2v) is 4.22. The van der Waals surface area contributed by atoms with Gasteiger partial charge in [-0.05, 0) is 18.1 Å². The predicted octanol–water partition coefficient (Wildman–Crippen LogP) is 4.19. The number of furan rings is 1. The van der Waals surface area contributed by atoms with Crippen LogP contribution in [0.3, 0.4) is 0 Å². The highest BCUT2D eigenvalue weighted by Crippen LogP contribution is 2.29. The minimum absolute atomic E-state index is 0.488. The summed E-state index contributed by atoms with van der Waals surface area (Å²) >= 11 is 0. The van der Waals surface area contributed by atoms with E-state index in [9.17, 15) is 0 Å². The third-order valence-corrected chi connectivity index (χ3v) is 2.89. The molecule has 0 aliphatic heterocycles. The van der Waals surface area contributed by atoms with Crippen molar-refractivity contribution in [2.24, 2.45) is 5.92 Å². The lowest BCUT2D eigenvalue weighted by Crippen LogP contribution is -1.99. The van der Waals surface area contributed by atoms with Crippen LogP contribution in [0.1, 0.15) is 32.4 Å². The van der Waals surface area contributed by atoms with Crippen LogP contribution in [0.5, 0.6) is 0 Å². The monoisotopic (exact) mass is 188 g/mol. The lowest BCUT2D eigenvalue weighted by atomic mass is 9.95. The summed E-state index contributed by atoms with van der Waals surface area (Å²) in [6, 6.07) is 10.3. The molecule has 14 heavy (non-hydrogen) atoms. The van der Waals surface area contributed by atoms with Gasteiger partial charge < -0.3 is 4.42 Å². The van der Waals surface area contributed by atoms with Crippen LogP contribution in [0.4, 0.5) is 0 Å².